The molecule has 3 N–H and O–H groups in total. The predicted molar refractivity (Wildman–Crippen MR) is 144 cm³/mol. The van der Waals surface area contributed by atoms with Crippen LogP contribution in [0.15, 0.2) is 55.0 Å². The second-order valence-corrected chi connectivity index (χ2v) is 10.3. The number of carbonyl (C=O) groups excluding carboxylic acids is 2. The molecule has 2 aromatic carbocycles. The Kier molecular flexibility index (Phi) is 6.47. The number of hydrogen-bond acceptors (Lipinski definition) is 6. The lowest BCUT2D eigenvalue weighted by atomic mass is 9.96. The van der Waals surface area contributed by atoms with E-state index in [0.29, 0.717) is 35.4 Å². The number of rotatable bonds is 7. The highest BCUT2D eigenvalue weighted by Gasteiger charge is 2.22. The number of hydrogen-bond donors (Lipinski definition) is 3. The molecule has 190 valence electrons. The molecule has 2 amide bonds. The average Bonchev–Trinajstić information content (AvgIpc) is 3.44. The monoisotopic (exact) mass is 518 g/mol. The normalized spacial score (nSPS) is 12.8. The van der Waals surface area contributed by atoms with E-state index in [-0.39, 0.29) is 18.2 Å². The van der Waals surface area contributed by atoms with E-state index >= 15 is 0 Å². The molecule has 10 heteroatoms. The van der Waals surface area contributed by atoms with Crippen molar-refractivity contribution >= 4 is 51.6 Å². The maximum absolute atomic E-state index is 12.2. The van der Waals surface area contributed by atoms with E-state index in [9.17, 15) is 9.59 Å². The van der Waals surface area contributed by atoms with Gasteiger partial charge in [-0.3, -0.25) is 9.59 Å². The van der Waals surface area contributed by atoms with Crippen molar-refractivity contribution in [2.45, 2.75) is 33.7 Å². The first-order valence-corrected chi connectivity index (χ1v) is 12.3. The molecule has 1 aliphatic rings. The predicted octanol–water partition coefficient (Wildman–Crippen LogP) is 5.28. The molecule has 0 unspecified atom stereocenters. The zero-order valence-electron chi connectivity index (χ0n) is 20.8. The standard InChI is InChI=1S/C27H27ClN6O3/c1-27(2,3)26(36)29-10-12-34-11-9-20-24(34)25(31-15-30-20)32-16-7-8-22(18(28)13-16)37-21-6-4-5-19-17(21)14-23(35)33-19/h4-9,11,13,15H,10,12,14H2,1-3H3,(H,29,36)(H,33,35)(H,30,31,32). The van der Waals surface area contributed by atoms with E-state index in [2.05, 4.69) is 25.9 Å². The van der Waals surface area contributed by atoms with Crippen molar-refractivity contribution < 1.29 is 14.3 Å². The summed E-state index contributed by atoms with van der Waals surface area (Å²) in [6.07, 6.45) is 3.70. The van der Waals surface area contributed by atoms with Crippen LogP contribution in [0.1, 0.15) is 26.3 Å². The molecule has 0 aliphatic carbocycles. The quantitative estimate of drug-likeness (QED) is 0.307. The highest BCUT2D eigenvalue weighted by Crippen LogP contribution is 2.38. The Morgan fingerprint density at radius 2 is 2.00 bits per heavy atom. The summed E-state index contributed by atoms with van der Waals surface area (Å²) in [4.78, 5) is 32.8. The topological polar surface area (TPSA) is 110 Å². The molecule has 37 heavy (non-hydrogen) atoms. The highest BCUT2D eigenvalue weighted by molar-refractivity contribution is 6.32. The van der Waals surface area contributed by atoms with E-state index < -0.39 is 5.41 Å². The summed E-state index contributed by atoms with van der Waals surface area (Å²) in [6, 6.07) is 12.8. The van der Waals surface area contributed by atoms with Gasteiger partial charge >= 0.3 is 0 Å². The summed E-state index contributed by atoms with van der Waals surface area (Å²) in [5.74, 6) is 1.62. The summed E-state index contributed by atoms with van der Waals surface area (Å²) in [5.41, 5.74) is 3.45. The molecule has 5 rings (SSSR count). The molecule has 3 heterocycles. The van der Waals surface area contributed by atoms with Crippen molar-refractivity contribution in [3.63, 3.8) is 0 Å². The molecule has 0 radical (unpaired) electrons. The van der Waals surface area contributed by atoms with Gasteiger partial charge in [0, 0.05) is 41.6 Å². The van der Waals surface area contributed by atoms with Gasteiger partial charge in [-0.2, -0.15) is 0 Å². The maximum Gasteiger partial charge on any atom is 0.229 e. The van der Waals surface area contributed by atoms with Crippen LogP contribution >= 0.6 is 11.6 Å². The fraction of sp³-hybridized carbons (Fsp3) is 0.259. The van der Waals surface area contributed by atoms with Gasteiger partial charge in [-0.05, 0) is 36.4 Å². The second-order valence-electron chi connectivity index (χ2n) is 9.85. The van der Waals surface area contributed by atoms with E-state index in [4.69, 9.17) is 16.3 Å². The molecule has 0 bridgehead atoms. The summed E-state index contributed by atoms with van der Waals surface area (Å²) in [7, 11) is 0. The van der Waals surface area contributed by atoms with Gasteiger partial charge in [-0.25, -0.2) is 9.97 Å². The largest absolute Gasteiger partial charge is 0.455 e. The van der Waals surface area contributed by atoms with Gasteiger partial charge in [0.1, 0.15) is 23.3 Å². The molecule has 4 aromatic rings. The Labute approximate surface area is 219 Å². The number of nitrogens with zero attached hydrogens (tertiary/aromatic N) is 3. The van der Waals surface area contributed by atoms with Crippen LogP contribution in [0, 0.1) is 5.41 Å². The molecule has 9 nitrogen and oxygen atoms in total. The van der Waals surface area contributed by atoms with Crippen molar-refractivity contribution in [2.75, 3.05) is 17.2 Å². The number of halogens is 1. The number of anilines is 3. The van der Waals surface area contributed by atoms with E-state index in [1.54, 1.807) is 12.1 Å². The zero-order valence-corrected chi connectivity index (χ0v) is 21.5. The van der Waals surface area contributed by atoms with Crippen LogP contribution in [-0.2, 0) is 22.6 Å². The number of amides is 2. The van der Waals surface area contributed by atoms with Crippen LogP contribution in [0.5, 0.6) is 11.5 Å². The zero-order chi connectivity index (χ0) is 26.2. The molecule has 0 saturated carbocycles. The lowest BCUT2D eigenvalue weighted by Crippen LogP contribution is -2.36. The molecule has 0 saturated heterocycles. The lowest BCUT2D eigenvalue weighted by Gasteiger charge is -2.18. The fourth-order valence-corrected chi connectivity index (χ4v) is 4.32. The molecule has 1 aliphatic heterocycles. The van der Waals surface area contributed by atoms with E-state index in [0.717, 1.165) is 28.0 Å². The second kappa shape index (κ2) is 9.74. The molecular weight excluding hydrogens is 492 g/mol. The Morgan fingerprint density at radius 1 is 1.16 bits per heavy atom. The smallest absolute Gasteiger partial charge is 0.229 e. The molecule has 0 fully saturated rings. The first-order valence-electron chi connectivity index (χ1n) is 11.9. The van der Waals surface area contributed by atoms with Crippen molar-refractivity contribution in [1.82, 2.24) is 19.9 Å². The van der Waals surface area contributed by atoms with Gasteiger partial charge in [0.2, 0.25) is 11.8 Å². The van der Waals surface area contributed by atoms with E-state index in [1.807, 2.05) is 61.9 Å². The van der Waals surface area contributed by atoms with Crippen LogP contribution in [-0.4, -0.2) is 32.9 Å². The average molecular weight is 519 g/mol. The highest BCUT2D eigenvalue weighted by atomic mass is 35.5. The summed E-state index contributed by atoms with van der Waals surface area (Å²) >= 11 is 6.56. The number of fused-ring (bicyclic) bond motifs is 2. The third-order valence-electron chi connectivity index (χ3n) is 6.03. The molecular formula is C27H27ClN6O3. The number of benzene rings is 2. The fourth-order valence-electron chi connectivity index (χ4n) is 4.10. The number of aromatic nitrogens is 3. The van der Waals surface area contributed by atoms with Gasteiger partial charge in [-0.1, -0.05) is 38.4 Å². The lowest BCUT2D eigenvalue weighted by molar-refractivity contribution is -0.128. The van der Waals surface area contributed by atoms with Crippen LogP contribution in [0.4, 0.5) is 17.2 Å². The number of ether oxygens (including phenoxy) is 1. The molecule has 2 aromatic heterocycles. The third-order valence-corrected chi connectivity index (χ3v) is 6.32. The van der Waals surface area contributed by atoms with Gasteiger partial charge in [-0.15, -0.1) is 0 Å². The Morgan fingerprint density at radius 3 is 2.78 bits per heavy atom. The first-order chi connectivity index (χ1) is 17.7. The van der Waals surface area contributed by atoms with Crippen LogP contribution in [0.2, 0.25) is 5.02 Å². The Hall–Kier alpha value is -4.11. The van der Waals surface area contributed by atoms with Crippen LogP contribution < -0.4 is 20.7 Å². The summed E-state index contributed by atoms with van der Waals surface area (Å²) in [6.45, 7) is 6.70. The minimum Gasteiger partial charge on any atom is -0.455 e. The third kappa shape index (κ3) is 5.22. The summed E-state index contributed by atoms with van der Waals surface area (Å²) in [5, 5.41) is 9.52. The van der Waals surface area contributed by atoms with Crippen molar-refractivity contribution in [3.8, 4) is 11.5 Å². The van der Waals surface area contributed by atoms with Gasteiger partial charge in [0.15, 0.2) is 5.82 Å². The first kappa shape index (κ1) is 24.6. The van der Waals surface area contributed by atoms with Gasteiger partial charge in [0.25, 0.3) is 0 Å². The number of carbonyl (C=O) groups is 2. The van der Waals surface area contributed by atoms with Crippen molar-refractivity contribution in [1.29, 1.82) is 0 Å². The minimum atomic E-state index is -0.446. The van der Waals surface area contributed by atoms with Gasteiger partial charge in [0.05, 0.1) is 17.0 Å². The van der Waals surface area contributed by atoms with Crippen molar-refractivity contribution in [3.05, 3.63) is 65.6 Å². The number of nitrogens with one attached hydrogen (secondary N) is 3. The van der Waals surface area contributed by atoms with Crippen molar-refractivity contribution in [2.24, 2.45) is 5.41 Å². The van der Waals surface area contributed by atoms with Gasteiger partial charge < -0.3 is 25.3 Å². The minimum absolute atomic E-state index is 0.00108. The Bertz CT molecular complexity index is 1510. The molecule has 0 atom stereocenters. The Balaban J connectivity index is 1.33. The van der Waals surface area contributed by atoms with Crippen LogP contribution in [0.3, 0.4) is 0 Å². The molecule has 0 spiro atoms. The van der Waals surface area contributed by atoms with Crippen LogP contribution in [0.25, 0.3) is 11.0 Å². The maximum atomic E-state index is 12.2. The summed E-state index contributed by atoms with van der Waals surface area (Å²) < 4.78 is 8.06. The van der Waals surface area contributed by atoms with E-state index in [1.165, 1.54) is 6.33 Å². The SMILES string of the molecule is CC(C)(C)C(=O)NCCn1ccc2ncnc(Nc3ccc(Oc4cccc5c4CC(=O)N5)c(Cl)c3)c21.